The number of nitrogens with zero attached hydrogens (tertiary/aromatic N) is 4. The van der Waals surface area contributed by atoms with Crippen LogP contribution >= 0.6 is 0 Å². The maximum atomic E-state index is 13.8. The molecule has 0 saturated carbocycles. The monoisotopic (exact) mass is 470 g/mol. The molecule has 0 bridgehead atoms. The number of fused-ring (bicyclic) bond motifs is 1. The van der Waals surface area contributed by atoms with Gasteiger partial charge in [-0.3, -0.25) is 14.2 Å². The van der Waals surface area contributed by atoms with Crippen LogP contribution in [0.1, 0.15) is 41.2 Å². The molecule has 0 fully saturated rings. The molecule has 1 unspecified atom stereocenters. The van der Waals surface area contributed by atoms with E-state index in [2.05, 4.69) is 5.10 Å². The first kappa shape index (κ1) is 22.6. The number of aliphatic hydroxyl groups excluding tert-OH is 1. The zero-order valence-electron chi connectivity index (χ0n) is 19.6. The minimum absolute atomic E-state index is 0.121. The number of pyridine rings is 1. The number of methoxy groups -OCH3 is 1. The molecule has 2 aromatic heterocycles. The summed E-state index contributed by atoms with van der Waals surface area (Å²) in [5.74, 6) is 0.517. The first-order valence-electron chi connectivity index (χ1n) is 11.6. The largest absolute Gasteiger partial charge is 0.497 e. The lowest BCUT2D eigenvalue weighted by molar-refractivity contribution is 0.0973. The van der Waals surface area contributed by atoms with E-state index in [1.165, 1.54) is 6.07 Å². The molecule has 1 aliphatic rings. The third kappa shape index (κ3) is 4.02. The zero-order chi connectivity index (χ0) is 24.5. The highest BCUT2D eigenvalue weighted by Gasteiger charge is 2.34. The van der Waals surface area contributed by atoms with Gasteiger partial charge in [0, 0.05) is 35.7 Å². The summed E-state index contributed by atoms with van der Waals surface area (Å²) in [6.45, 7) is 2.36. The maximum Gasteiger partial charge on any atom is 0.277 e. The molecule has 0 aliphatic carbocycles. The van der Waals surface area contributed by atoms with Gasteiger partial charge in [-0.05, 0) is 67.4 Å². The number of aromatic nitrogens is 3. The summed E-state index contributed by atoms with van der Waals surface area (Å²) in [5, 5.41) is 15.3. The number of benzene rings is 2. The van der Waals surface area contributed by atoms with Crippen LogP contribution in [0.25, 0.3) is 11.4 Å². The van der Waals surface area contributed by atoms with E-state index in [0.717, 1.165) is 16.9 Å². The Hall–Kier alpha value is -4.17. The second-order valence-electron chi connectivity index (χ2n) is 8.38. The number of carbonyl (C=O) groups is 1. The predicted octanol–water partition coefficient (Wildman–Crippen LogP) is 3.68. The Kier molecular flexibility index (Phi) is 5.96. The van der Waals surface area contributed by atoms with Gasteiger partial charge in [-0.15, -0.1) is 0 Å². The molecule has 8 heteroatoms. The fraction of sp³-hybridized carbons (Fsp3) is 0.222. The van der Waals surface area contributed by atoms with E-state index in [0.29, 0.717) is 42.2 Å². The third-order valence-corrected chi connectivity index (χ3v) is 6.33. The molecule has 2 aromatic carbocycles. The van der Waals surface area contributed by atoms with Gasteiger partial charge >= 0.3 is 0 Å². The molecule has 1 aliphatic heterocycles. The molecule has 3 heterocycles. The number of aliphatic hydroxyl groups is 1. The Morgan fingerprint density at radius 2 is 1.66 bits per heavy atom. The molecule has 5 rings (SSSR count). The molecule has 0 spiro atoms. The number of hydrogen-bond donors (Lipinski definition) is 1. The Morgan fingerprint density at radius 3 is 2.31 bits per heavy atom. The van der Waals surface area contributed by atoms with E-state index >= 15 is 0 Å². The summed E-state index contributed by atoms with van der Waals surface area (Å²) in [7, 11) is 1.60. The smallest absolute Gasteiger partial charge is 0.277 e. The number of carbonyl (C=O) groups excluding carboxylic acids is 1. The van der Waals surface area contributed by atoms with Crippen LogP contribution in [0.4, 0.5) is 5.69 Å². The molecular weight excluding hydrogens is 444 g/mol. The van der Waals surface area contributed by atoms with Crippen molar-refractivity contribution in [2.75, 3.05) is 18.6 Å². The summed E-state index contributed by atoms with van der Waals surface area (Å²) in [5.41, 5.74) is 3.82. The Labute approximate surface area is 202 Å². The molecule has 1 atom stereocenters. The van der Waals surface area contributed by atoms with Crippen LogP contribution in [0.5, 0.6) is 5.75 Å². The number of rotatable bonds is 6. The van der Waals surface area contributed by atoms with E-state index in [4.69, 9.17) is 4.74 Å². The summed E-state index contributed by atoms with van der Waals surface area (Å²) in [6, 6.07) is 19.6. The first-order chi connectivity index (χ1) is 17.0. The number of anilines is 1. The van der Waals surface area contributed by atoms with E-state index < -0.39 is 6.10 Å². The van der Waals surface area contributed by atoms with Crippen molar-refractivity contribution >= 4 is 11.6 Å². The van der Waals surface area contributed by atoms with Crippen molar-refractivity contribution in [1.82, 2.24) is 14.3 Å². The topological polar surface area (TPSA) is 89.6 Å². The second-order valence-corrected chi connectivity index (χ2v) is 8.38. The van der Waals surface area contributed by atoms with Gasteiger partial charge in [0.2, 0.25) is 0 Å². The van der Waals surface area contributed by atoms with Gasteiger partial charge in [-0.1, -0.05) is 13.0 Å². The van der Waals surface area contributed by atoms with Crippen molar-refractivity contribution in [2.24, 2.45) is 0 Å². The van der Waals surface area contributed by atoms with Crippen LogP contribution in [0.15, 0.2) is 77.7 Å². The standard InChI is InChI=1S/C27H26N4O4/c1-3-23(32)25-22-15-17-30(19-9-7-18(8-10-19)29-16-5-4-6-24(29)33)27(34)26(22)31(28-25)20-11-13-21(35-2)14-12-20/h4-14,16,23,32H,3,15,17H2,1-2H3. The highest BCUT2D eigenvalue weighted by Crippen LogP contribution is 2.32. The van der Waals surface area contributed by atoms with E-state index in [1.54, 1.807) is 39.6 Å². The van der Waals surface area contributed by atoms with E-state index in [1.807, 2.05) is 55.5 Å². The van der Waals surface area contributed by atoms with Gasteiger partial charge < -0.3 is 14.7 Å². The average Bonchev–Trinajstić information content (AvgIpc) is 3.29. The lowest BCUT2D eigenvalue weighted by Gasteiger charge is -2.28. The molecule has 8 nitrogen and oxygen atoms in total. The van der Waals surface area contributed by atoms with Crippen molar-refractivity contribution in [1.29, 1.82) is 0 Å². The SMILES string of the molecule is CCC(O)c1nn(-c2ccc(OC)cc2)c2c1CCN(c1ccc(-n3ccccc3=O)cc1)C2=O. The van der Waals surface area contributed by atoms with Crippen molar-refractivity contribution in [3.8, 4) is 17.1 Å². The van der Waals surface area contributed by atoms with Gasteiger partial charge in [-0.25, -0.2) is 4.68 Å². The highest BCUT2D eigenvalue weighted by molar-refractivity contribution is 6.07. The fourth-order valence-corrected chi connectivity index (χ4v) is 4.44. The molecule has 35 heavy (non-hydrogen) atoms. The first-order valence-corrected chi connectivity index (χ1v) is 11.6. The minimum atomic E-state index is -0.744. The van der Waals surface area contributed by atoms with Crippen LogP contribution in [-0.2, 0) is 6.42 Å². The highest BCUT2D eigenvalue weighted by atomic mass is 16.5. The number of hydrogen-bond acceptors (Lipinski definition) is 5. The summed E-state index contributed by atoms with van der Waals surface area (Å²) >= 11 is 0. The van der Waals surface area contributed by atoms with Crippen molar-refractivity contribution in [3.63, 3.8) is 0 Å². The van der Waals surface area contributed by atoms with Gasteiger partial charge in [0.15, 0.2) is 0 Å². The lowest BCUT2D eigenvalue weighted by Crippen LogP contribution is -2.39. The lowest BCUT2D eigenvalue weighted by atomic mass is 9.99. The summed E-state index contributed by atoms with van der Waals surface area (Å²) < 4.78 is 8.43. The van der Waals surface area contributed by atoms with Gasteiger partial charge in [0.25, 0.3) is 11.5 Å². The van der Waals surface area contributed by atoms with Gasteiger partial charge in [0.1, 0.15) is 11.4 Å². The molecular formula is C27H26N4O4. The summed E-state index contributed by atoms with van der Waals surface area (Å²) in [4.78, 5) is 27.6. The van der Waals surface area contributed by atoms with Crippen molar-refractivity contribution < 1.29 is 14.6 Å². The minimum Gasteiger partial charge on any atom is -0.497 e. The normalized spacial score (nSPS) is 14.0. The number of ether oxygens (including phenoxy) is 1. The average molecular weight is 471 g/mol. The summed E-state index contributed by atoms with van der Waals surface area (Å²) in [6.07, 6.45) is 2.04. The second kappa shape index (κ2) is 9.23. The van der Waals surface area contributed by atoms with Gasteiger partial charge in [0.05, 0.1) is 24.6 Å². The number of amides is 1. The third-order valence-electron chi connectivity index (χ3n) is 6.33. The van der Waals surface area contributed by atoms with Crippen LogP contribution in [0.3, 0.4) is 0 Å². The van der Waals surface area contributed by atoms with Crippen molar-refractivity contribution in [2.45, 2.75) is 25.9 Å². The molecule has 1 amide bonds. The van der Waals surface area contributed by atoms with Crippen LogP contribution in [0, 0.1) is 0 Å². The van der Waals surface area contributed by atoms with Gasteiger partial charge in [-0.2, -0.15) is 5.10 Å². The van der Waals surface area contributed by atoms with Crippen molar-refractivity contribution in [3.05, 3.63) is 100 Å². The van der Waals surface area contributed by atoms with Crippen LogP contribution in [0.2, 0.25) is 0 Å². The molecule has 1 N–H and O–H groups in total. The van der Waals surface area contributed by atoms with Crippen LogP contribution in [-0.4, -0.2) is 39.0 Å². The fourth-order valence-electron chi connectivity index (χ4n) is 4.44. The van der Waals surface area contributed by atoms with E-state index in [-0.39, 0.29) is 11.5 Å². The molecule has 4 aromatic rings. The Morgan fingerprint density at radius 1 is 0.971 bits per heavy atom. The Balaban J connectivity index is 1.54. The predicted molar refractivity (Wildman–Crippen MR) is 133 cm³/mol. The maximum absolute atomic E-state index is 13.8. The Bertz CT molecular complexity index is 1420. The molecule has 0 radical (unpaired) electrons. The molecule has 0 saturated heterocycles. The quantitative estimate of drug-likeness (QED) is 0.464. The van der Waals surface area contributed by atoms with E-state index in [9.17, 15) is 14.7 Å². The molecule has 178 valence electrons. The zero-order valence-corrected chi connectivity index (χ0v) is 19.6. The van der Waals surface area contributed by atoms with Crippen LogP contribution < -0.4 is 15.2 Å².